The number of nitrogens with zero attached hydrogens (tertiary/aromatic N) is 1. The summed E-state index contributed by atoms with van der Waals surface area (Å²) in [5.74, 6) is 0.00927. The Bertz CT molecular complexity index is 1260. The third-order valence-electron chi connectivity index (χ3n) is 5.51. The van der Waals surface area contributed by atoms with Crippen molar-refractivity contribution >= 4 is 33.2 Å². The lowest BCUT2D eigenvalue weighted by Crippen LogP contribution is -2.51. The van der Waals surface area contributed by atoms with Crippen LogP contribution in [-0.4, -0.2) is 33.5 Å². The summed E-state index contributed by atoms with van der Waals surface area (Å²) in [4.78, 5) is 13.1. The number of carbonyl (C=O) groups is 1. The minimum Gasteiger partial charge on any atom is -0.476 e. The van der Waals surface area contributed by atoms with Crippen LogP contribution in [0.1, 0.15) is 16.7 Å². The molecule has 0 aromatic heterocycles. The average Bonchev–Trinajstić information content (AvgIpc) is 2.79. The molecule has 33 heavy (non-hydrogen) atoms. The van der Waals surface area contributed by atoms with Gasteiger partial charge in [0.15, 0.2) is 6.10 Å². The fourth-order valence-corrected chi connectivity index (χ4v) is 5.26. The summed E-state index contributed by atoms with van der Waals surface area (Å²) in [5.41, 5.74) is 3.33. The maximum absolute atomic E-state index is 13.5. The van der Waals surface area contributed by atoms with Crippen molar-refractivity contribution in [1.82, 2.24) is 5.32 Å². The lowest BCUT2D eigenvalue weighted by molar-refractivity contribution is -0.127. The summed E-state index contributed by atoms with van der Waals surface area (Å²) in [5, 5.41) is 3.52. The molecule has 3 aromatic carbocycles. The van der Waals surface area contributed by atoms with E-state index in [0.29, 0.717) is 29.4 Å². The molecule has 1 unspecified atom stereocenters. The minimum absolute atomic E-state index is 0.112. The topological polar surface area (TPSA) is 75.7 Å². The zero-order chi connectivity index (χ0) is 23.6. The van der Waals surface area contributed by atoms with Crippen LogP contribution in [0.4, 0.5) is 5.69 Å². The van der Waals surface area contributed by atoms with Crippen LogP contribution in [0.5, 0.6) is 5.75 Å². The molecule has 1 aliphatic rings. The molecule has 8 heteroatoms. The molecule has 0 aliphatic carbocycles. The number of hydrogen-bond acceptors (Lipinski definition) is 4. The van der Waals surface area contributed by atoms with Crippen molar-refractivity contribution in [2.45, 2.75) is 31.3 Å². The van der Waals surface area contributed by atoms with E-state index < -0.39 is 16.1 Å². The molecular formula is C25H25ClN2O4S. The van der Waals surface area contributed by atoms with E-state index >= 15 is 0 Å². The number of carbonyl (C=O) groups excluding carboxylic acids is 1. The molecule has 1 N–H and O–H groups in total. The molecule has 4 rings (SSSR count). The predicted octanol–water partition coefficient (Wildman–Crippen LogP) is 4.27. The van der Waals surface area contributed by atoms with Crippen LogP contribution < -0.4 is 14.4 Å². The Morgan fingerprint density at radius 1 is 1.03 bits per heavy atom. The van der Waals surface area contributed by atoms with E-state index in [1.807, 2.05) is 32.0 Å². The number of benzene rings is 3. The molecule has 3 aromatic rings. The first kappa shape index (κ1) is 23.1. The summed E-state index contributed by atoms with van der Waals surface area (Å²) in [7, 11) is -3.88. The van der Waals surface area contributed by atoms with Gasteiger partial charge in [-0.1, -0.05) is 47.5 Å². The second-order valence-corrected chi connectivity index (χ2v) is 10.4. The highest BCUT2D eigenvalue weighted by molar-refractivity contribution is 7.92. The average molecular weight is 485 g/mol. The van der Waals surface area contributed by atoms with Gasteiger partial charge >= 0.3 is 0 Å². The van der Waals surface area contributed by atoms with Gasteiger partial charge in [-0.3, -0.25) is 9.10 Å². The molecule has 1 aliphatic heterocycles. The normalized spacial score (nSPS) is 15.5. The van der Waals surface area contributed by atoms with Crippen molar-refractivity contribution in [3.63, 3.8) is 0 Å². The van der Waals surface area contributed by atoms with Gasteiger partial charge in [0.25, 0.3) is 15.9 Å². The van der Waals surface area contributed by atoms with E-state index in [4.69, 9.17) is 16.3 Å². The monoisotopic (exact) mass is 484 g/mol. The summed E-state index contributed by atoms with van der Waals surface area (Å²) >= 11 is 5.91. The van der Waals surface area contributed by atoms with E-state index in [2.05, 4.69) is 5.32 Å². The van der Waals surface area contributed by atoms with Crippen LogP contribution >= 0.6 is 11.6 Å². The van der Waals surface area contributed by atoms with Gasteiger partial charge < -0.3 is 10.1 Å². The van der Waals surface area contributed by atoms with Crippen molar-refractivity contribution in [2.24, 2.45) is 0 Å². The minimum atomic E-state index is -3.88. The van der Waals surface area contributed by atoms with Crippen molar-refractivity contribution in [1.29, 1.82) is 0 Å². The highest BCUT2D eigenvalue weighted by Gasteiger charge is 2.37. The molecule has 0 bridgehead atoms. The molecule has 1 heterocycles. The van der Waals surface area contributed by atoms with Gasteiger partial charge in [-0.15, -0.1) is 0 Å². The first-order chi connectivity index (χ1) is 15.7. The Balaban J connectivity index is 1.55. The van der Waals surface area contributed by atoms with E-state index in [9.17, 15) is 13.2 Å². The number of halogens is 1. The van der Waals surface area contributed by atoms with Crippen molar-refractivity contribution < 1.29 is 17.9 Å². The van der Waals surface area contributed by atoms with Gasteiger partial charge in [0.2, 0.25) is 0 Å². The van der Waals surface area contributed by atoms with Crippen molar-refractivity contribution in [3.05, 3.63) is 88.4 Å². The lowest BCUT2D eigenvalue weighted by atomic mass is 10.1. The number of rotatable bonds is 6. The smallest absolute Gasteiger partial charge is 0.264 e. The van der Waals surface area contributed by atoms with Gasteiger partial charge in [-0.25, -0.2) is 8.42 Å². The summed E-state index contributed by atoms with van der Waals surface area (Å²) in [6.07, 6.45) is -0.346. The number of fused-ring (bicyclic) bond motifs is 1. The van der Waals surface area contributed by atoms with Crippen LogP contribution in [-0.2, 0) is 21.2 Å². The number of hydrogen-bond donors (Lipinski definition) is 1. The third-order valence-corrected chi connectivity index (χ3v) is 7.56. The third kappa shape index (κ3) is 5.15. The molecule has 0 radical (unpaired) electrons. The van der Waals surface area contributed by atoms with Crippen LogP contribution in [0, 0.1) is 13.8 Å². The van der Waals surface area contributed by atoms with Crippen LogP contribution in [0.3, 0.4) is 0 Å². The fourth-order valence-electron chi connectivity index (χ4n) is 3.66. The number of amides is 1. The number of anilines is 1. The van der Waals surface area contributed by atoms with Crippen molar-refractivity contribution in [3.8, 4) is 5.75 Å². The van der Waals surface area contributed by atoms with Crippen molar-refractivity contribution in [2.75, 3.05) is 17.4 Å². The SMILES string of the molecule is Cc1ccc(S(=O)(=O)N2CC(C(=O)NCCc3ccc(Cl)cc3)Oc3cc(C)ccc32)cc1. The van der Waals surface area contributed by atoms with E-state index in [-0.39, 0.29) is 17.3 Å². The lowest BCUT2D eigenvalue weighted by Gasteiger charge is -2.35. The van der Waals surface area contributed by atoms with E-state index in [1.165, 1.54) is 4.31 Å². The first-order valence-corrected chi connectivity index (χ1v) is 12.4. The molecule has 1 atom stereocenters. The first-order valence-electron chi connectivity index (χ1n) is 10.6. The van der Waals surface area contributed by atoms with Crippen LogP contribution in [0.2, 0.25) is 5.02 Å². The predicted molar refractivity (Wildman–Crippen MR) is 129 cm³/mol. The largest absolute Gasteiger partial charge is 0.476 e. The number of nitrogens with one attached hydrogen (secondary N) is 1. The fraction of sp³-hybridized carbons (Fsp3) is 0.240. The molecule has 0 saturated heterocycles. The van der Waals surface area contributed by atoms with Gasteiger partial charge in [0.05, 0.1) is 17.1 Å². The molecule has 1 amide bonds. The zero-order valence-corrected chi connectivity index (χ0v) is 20.0. The summed E-state index contributed by atoms with van der Waals surface area (Å²) in [6.45, 7) is 4.07. The maximum Gasteiger partial charge on any atom is 0.264 e. The number of aryl methyl sites for hydroxylation is 2. The van der Waals surface area contributed by atoms with E-state index in [0.717, 1.165) is 16.7 Å². The molecule has 6 nitrogen and oxygen atoms in total. The highest BCUT2D eigenvalue weighted by atomic mass is 35.5. The maximum atomic E-state index is 13.5. The second kappa shape index (κ2) is 9.45. The second-order valence-electron chi connectivity index (χ2n) is 8.09. The number of sulfonamides is 1. The van der Waals surface area contributed by atoms with Gasteiger partial charge in [0, 0.05) is 11.6 Å². The standard InChI is InChI=1S/C25H25ClN2O4S/c1-17-3-10-21(11-4-17)33(30,31)28-16-24(32-23-15-18(2)5-12-22(23)28)25(29)27-14-13-19-6-8-20(26)9-7-19/h3-12,15,24H,13-14,16H2,1-2H3,(H,27,29). The molecule has 172 valence electrons. The van der Waals surface area contributed by atoms with Gasteiger partial charge in [-0.2, -0.15) is 0 Å². The van der Waals surface area contributed by atoms with Crippen LogP contribution in [0.25, 0.3) is 0 Å². The summed E-state index contributed by atoms with van der Waals surface area (Å²) in [6, 6.07) is 19.4. The molecule has 0 saturated carbocycles. The summed E-state index contributed by atoms with van der Waals surface area (Å²) < 4.78 is 34.1. The highest BCUT2D eigenvalue weighted by Crippen LogP contribution is 2.37. The Kier molecular flexibility index (Phi) is 6.63. The van der Waals surface area contributed by atoms with Gasteiger partial charge in [0.1, 0.15) is 5.75 Å². The Morgan fingerprint density at radius 3 is 2.39 bits per heavy atom. The quantitative estimate of drug-likeness (QED) is 0.567. The zero-order valence-electron chi connectivity index (χ0n) is 18.4. The molecular weight excluding hydrogens is 460 g/mol. The Hall–Kier alpha value is -3.03. The Morgan fingerprint density at radius 2 is 1.70 bits per heavy atom. The molecule has 0 spiro atoms. The van der Waals surface area contributed by atoms with Gasteiger partial charge in [-0.05, 0) is 67.8 Å². The molecule has 0 fully saturated rings. The Labute approximate surface area is 199 Å². The van der Waals surface area contributed by atoms with E-state index in [1.54, 1.807) is 48.5 Å². The van der Waals surface area contributed by atoms with Crippen LogP contribution in [0.15, 0.2) is 71.6 Å². The number of ether oxygens (including phenoxy) is 1.